The van der Waals surface area contributed by atoms with Crippen molar-refractivity contribution >= 4 is 11.5 Å². The van der Waals surface area contributed by atoms with Gasteiger partial charge in [-0.1, -0.05) is 12.1 Å². The summed E-state index contributed by atoms with van der Waals surface area (Å²) in [6.45, 7) is 3.97. The van der Waals surface area contributed by atoms with E-state index in [4.69, 9.17) is 0 Å². The maximum absolute atomic E-state index is 13.1. The van der Waals surface area contributed by atoms with E-state index in [1.54, 1.807) is 24.3 Å². The fourth-order valence-electron chi connectivity index (χ4n) is 3.43. The molecule has 29 heavy (non-hydrogen) atoms. The standard InChI is InChI=1S/C21H20FN5O2/c22-18-6-4-17(5-7-18)20-8-9-21(24-23-20)26-12-10-25(11-13-26)15-16-2-1-3-19(14-16)27(28)29/h1-9,14H,10-13,15H2. The lowest BCUT2D eigenvalue weighted by Crippen LogP contribution is -2.46. The van der Waals surface area contributed by atoms with E-state index in [1.165, 1.54) is 18.2 Å². The molecule has 3 aromatic rings. The van der Waals surface area contributed by atoms with Crippen LogP contribution in [-0.4, -0.2) is 46.2 Å². The van der Waals surface area contributed by atoms with Gasteiger partial charge in [-0.25, -0.2) is 4.39 Å². The van der Waals surface area contributed by atoms with Crippen LogP contribution in [0.3, 0.4) is 0 Å². The van der Waals surface area contributed by atoms with Crippen LogP contribution >= 0.6 is 0 Å². The Labute approximate surface area is 167 Å². The Kier molecular flexibility index (Phi) is 5.44. The molecule has 0 bridgehead atoms. The molecule has 0 N–H and O–H groups in total. The van der Waals surface area contributed by atoms with Crippen molar-refractivity contribution in [1.82, 2.24) is 15.1 Å². The van der Waals surface area contributed by atoms with E-state index >= 15 is 0 Å². The van der Waals surface area contributed by atoms with Gasteiger partial charge < -0.3 is 4.90 Å². The highest BCUT2D eigenvalue weighted by Gasteiger charge is 2.19. The maximum Gasteiger partial charge on any atom is 0.269 e. The second kappa shape index (κ2) is 8.32. The molecular formula is C21H20FN5O2. The zero-order chi connectivity index (χ0) is 20.2. The molecule has 0 saturated carbocycles. The summed E-state index contributed by atoms with van der Waals surface area (Å²) in [5, 5.41) is 19.5. The van der Waals surface area contributed by atoms with Gasteiger partial charge in [-0.05, 0) is 42.0 Å². The van der Waals surface area contributed by atoms with Gasteiger partial charge >= 0.3 is 0 Å². The SMILES string of the molecule is O=[N+]([O-])c1cccc(CN2CCN(c3ccc(-c4ccc(F)cc4)nn3)CC2)c1. The third-order valence-corrected chi connectivity index (χ3v) is 5.01. The molecule has 1 aromatic heterocycles. The van der Waals surface area contributed by atoms with Crippen molar-refractivity contribution in [3.63, 3.8) is 0 Å². The van der Waals surface area contributed by atoms with Crippen molar-refractivity contribution in [2.24, 2.45) is 0 Å². The van der Waals surface area contributed by atoms with E-state index in [1.807, 2.05) is 18.2 Å². The quantitative estimate of drug-likeness (QED) is 0.488. The van der Waals surface area contributed by atoms with Crippen molar-refractivity contribution in [1.29, 1.82) is 0 Å². The molecule has 2 heterocycles. The molecule has 0 atom stereocenters. The monoisotopic (exact) mass is 393 g/mol. The number of benzene rings is 2. The maximum atomic E-state index is 13.1. The molecule has 1 aliphatic heterocycles. The van der Waals surface area contributed by atoms with Crippen LogP contribution in [0.25, 0.3) is 11.3 Å². The molecule has 0 amide bonds. The lowest BCUT2D eigenvalue weighted by Gasteiger charge is -2.35. The molecule has 4 rings (SSSR count). The van der Waals surface area contributed by atoms with Gasteiger partial charge in [0, 0.05) is 50.4 Å². The summed E-state index contributed by atoms with van der Waals surface area (Å²) >= 11 is 0. The average molecular weight is 393 g/mol. The number of rotatable bonds is 5. The largest absolute Gasteiger partial charge is 0.353 e. The van der Waals surface area contributed by atoms with E-state index < -0.39 is 0 Å². The lowest BCUT2D eigenvalue weighted by atomic mass is 10.1. The van der Waals surface area contributed by atoms with Gasteiger partial charge in [0.1, 0.15) is 5.82 Å². The third-order valence-electron chi connectivity index (χ3n) is 5.01. The van der Waals surface area contributed by atoms with Crippen molar-refractivity contribution in [2.75, 3.05) is 31.1 Å². The van der Waals surface area contributed by atoms with Crippen LogP contribution < -0.4 is 4.90 Å². The number of nitro groups is 1. The van der Waals surface area contributed by atoms with Crippen molar-refractivity contribution in [3.8, 4) is 11.3 Å². The molecule has 0 unspecified atom stereocenters. The molecule has 148 valence electrons. The number of piperazine rings is 1. The fraction of sp³-hybridized carbons (Fsp3) is 0.238. The predicted octanol–water partition coefficient (Wildman–Crippen LogP) is 3.51. The normalized spacial score (nSPS) is 14.7. The minimum Gasteiger partial charge on any atom is -0.353 e. The van der Waals surface area contributed by atoms with Gasteiger partial charge in [0.25, 0.3) is 5.69 Å². The summed E-state index contributed by atoms with van der Waals surface area (Å²) in [5.41, 5.74) is 2.60. The lowest BCUT2D eigenvalue weighted by molar-refractivity contribution is -0.384. The van der Waals surface area contributed by atoms with Crippen LogP contribution in [0, 0.1) is 15.9 Å². The molecule has 0 spiro atoms. The van der Waals surface area contributed by atoms with Gasteiger partial charge in [-0.2, -0.15) is 0 Å². The van der Waals surface area contributed by atoms with Crippen molar-refractivity contribution in [2.45, 2.75) is 6.54 Å². The Balaban J connectivity index is 1.35. The van der Waals surface area contributed by atoms with Gasteiger partial charge in [0.15, 0.2) is 5.82 Å². The molecule has 1 aliphatic rings. The molecular weight excluding hydrogens is 373 g/mol. The zero-order valence-corrected chi connectivity index (χ0v) is 15.7. The zero-order valence-electron chi connectivity index (χ0n) is 15.7. The minimum atomic E-state index is -0.365. The first kappa shape index (κ1) is 18.9. The Morgan fingerprint density at radius 1 is 0.966 bits per heavy atom. The summed E-state index contributed by atoms with van der Waals surface area (Å²) in [7, 11) is 0. The highest BCUT2D eigenvalue weighted by molar-refractivity contribution is 5.59. The Hall–Kier alpha value is -3.39. The summed E-state index contributed by atoms with van der Waals surface area (Å²) < 4.78 is 13.1. The van der Waals surface area contributed by atoms with Crippen molar-refractivity contribution in [3.05, 3.63) is 82.2 Å². The molecule has 1 saturated heterocycles. The summed E-state index contributed by atoms with van der Waals surface area (Å²) in [6.07, 6.45) is 0. The van der Waals surface area contributed by atoms with Crippen LogP contribution in [0.4, 0.5) is 15.9 Å². The van der Waals surface area contributed by atoms with Gasteiger partial charge in [0.05, 0.1) is 10.6 Å². The first-order valence-electron chi connectivity index (χ1n) is 9.39. The molecule has 0 aliphatic carbocycles. The Morgan fingerprint density at radius 2 is 1.72 bits per heavy atom. The highest BCUT2D eigenvalue weighted by Crippen LogP contribution is 2.21. The number of aromatic nitrogens is 2. The number of anilines is 1. The average Bonchev–Trinajstić information content (AvgIpc) is 2.75. The molecule has 0 radical (unpaired) electrons. The number of nitro benzene ring substituents is 1. The van der Waals surface area contributed by atoms with E-state index in [2.05, 4.69) is 20.0 Å². The summed E-state index contributed by atoms with van der Waals surface area (Å²) in [6, 6.07) is 16.8. The Bertz CT molecular complexity index is 987. The van der Waals surface area contributed by atoms with E-state index in [9.17, 15) is 14.5 Å². The number of hydrogen-bond donors (Lipinski definition) is 0. The van der Waals surface area contributed by atoms with E-state index in [0.29, 0.717) is 12.2 Å². The number of halogens is 1. The van der Waals surface area contributed by atoms with Gasteiger partial charge in [0.2, 0.25) is 0 Å². The van der Waals surface area contributed by atoms with Gasteiger partial charge in [-0.15, -0.1) is 10.2 Å². The van der Waals surface area contributed by atoms with Gasteiger partial charge in [-0.3, -0.25) is 15.0 Å². The molecule has 1 fully saturated rings. The number of hydrogen-bond acceptors (Lipinski definition) is 6. The minimum absolute atomic E-state index is 0.123. The Morgan fingerprint density at radius 3 is 2.38 bits per heavy atom. The predicted molar refractivity (Wildman–Crippen MR) is 108 cm³/mol. The smallest absolute Gasteiger partial charge is 0.269 e. The molecule has 2 aromatic carbocycles. The number of non-ortho nitro benzene ring substituents is 1. The van der Waals surface area contributed by atoms with E-state index in [0.717, 1.165) is 43.1 Å². The summed E-state index contributed by atoms with van der Waals surface area (Å²) in [5.74, 6) is 0.534. The highest BCUT2D eigenvalue weighted by atomic mass is 19.1. The van der Waals surface area contributed by atoms with Crippen LogP contribution in [0.1, 0.15) is 5.56 Å². The van der Waals surface area contributed by atoms with E-state index in [-0.39, 0.29) is 16.4 Å². The van der Waals surface area contributed by atoms with Crippen molar-refractivity contribution < 1.29 is 9.31 Å². The number of nitrogens with zero attached hydrogens (tertiary/aromatic N) is 5. The second-order valence-electron chi connectivity index (χ2n) is 6.97. The fourth-order valence-corrected chi connectivity index (χ4v) is 3.43. The first-order chi connectivity index (χ1) is 14.1. The van der Waals surface area contributed by atoms with Crippen LogP contribution in [-0.2, 0) is 6.54 Å². The molecule has 8 heteroatoms. The first-order valence-corrected chi connectivity index (χ1v) is 9.39. The summed E-state index contributed by atoms with van der Waals surface area (Å²) in [4.78, 5) is 15.0. The molecule has 7 nitrogen and oxygen atoms in total. The van der Waals surface area contributed by atoms with Crippen LogP contribution in [0.15, 0.2) is 60.7 Å². The topological polar surface area (TPSA) is 75.4 Å². The second-order valence-corrected chi connectivity index (χ2v) is 6.97. The van der Waals surface area contributed by atoms with Crippen LogP contribution in [0.5, 0.6) is 0 Å². The van der Waals surface area contributed by atoms with Crippen LogP contribution in [0.2, 0.25) is 0 Å². The third kappa shape index (κ3) is 4.55.